The lowest BCUT2D eigenvalue weighted by Crippen LogP contribution is -2.43. The fraction of sp³-hybridized carbons (Fsp3) is 0.571. The number of nitrogens with zero attached hydrogens (tertiary/aromatic N) is 1. The van der Waals surface area contributed by atoms with Crippen molar-refractivity contribution in [1.29, 1.82) is 0 Å². The molecule has 0 amide bonds. The van der Waals surface area contributed by atoms with Gasteiger partial charge in [-0.05, 0) is 39.3 Å². The molecular formula is C14H24N2O2S. The first-order valence-corrected chi connectivity index (χ1v) is 7.97. The van der Waals surface area contributed by atoms with Crippen molar-refractivity contribution in [1.82, 2.24) is 4.31 Å². The number of rotatable bonds is 6. The van der Waals surface area contributed by atoms with Gasteiger partial charge in [0.25, 0.3) is 0 Å². The lowest BCUT2D eigenvalue weighted by molar-refractivity contribution is 0.385. The van der Waals surface area contributed by atoms with E-state index < -0.39 is 14.8 Å². The molecule has 0 spiro atoms. The first-order valence-electron chi connectivity index (χ1n) is 6.52. The highest BCUT2D eigenvalue weighted by molar-refractivity contribution is 7.90. The van der Waals surface area contributed by atoms with Crippen LogP contribution in [0, 0.1) is 0 Å². The molecule has 108 valence electrons. The van der Waals surface area contributed by atoms with E-state index in [1.165, 1.54) is 4.31 Å². The van der Waals surface area contributed by atoms with Crippen LogP contribution in [0.25, 0.3) is 0 Å². The van der Waals surface area contributed by atoms with Crippen LogP contribution in [0.1, 0.15) is 32.8 Å². The predicted octanol–water partition coefficient (Wildman–Crippen LogP) is 1.97. The third kappa shape index (κ3) is 4.30. The molecule has 0 atom stereocenters. The zero-order chi connectivity index (χ0) is 14.5. The second-order valence-corrected chi connectivity index (χ2v) is 8.27. The first kappa shape index (κ1) is 16.1. The first-order chi connectivity index (χ1) is 8.79. The molecule has 0 aromatic heterocycles. The second kappa shape index (κ2) is 6.50. The SMILES string of the molecule is CC(C)(C)S(=O)(=O)N(CCCN)Cc1ccccc1. The van der Waals surface area contributed by atoms with Gasteiger partial charge in [-0.15, -0.1) is 0 Å². The molecule has 1 aromatic carbocycles. The zero-order valence-corrected chi connectivity index (χ0v) is 12.8. The largest absolute Gasteiger partial charge is 0.330 e. The molecule has 5 heteroatoms. The Morgan fingerprint density at radius 2 is 1.74 bits per heavy atom. The van der Waals surface area contributed by atoms with Crippen LogP contribution in [0.3, 0.4) is 0 Å². The van der Waals surface area contributed by atoms with Crippen LogP contribution >= 0.6 is 0 Å². The van der Waals surface area contributed by atoms with E-state index in [0.29, 0.717) is 26.1 Å². The molecule has 0 fully saturated rings. The summed E-state index contributed by atoms with van der Waals surface area (Å²) in [6, 6.07) is 9.63. The van der Waals surface area contributed by atoms with Gasteiger partial charge < -0.3 is 5.73 Å². The van der Waals surface area contributed by atoms with Gasteiger partial charge in [0.05, 0.1) is 4.75 Å². The van der Waals surface area contributed by atoms with Crippen LogP contribution < -0.4 is 5.73 Å². The van der Waals surface area contributed by atoms with Crippen LogP contribution in [0.4, 0.5) is 0 Å². The number of benzene rings is 1. The third-order valence-electron chi connectivity index (χ3n) is 2.93. The van der Waals surface area contributed by atoms with Crippen LogP contribution in [0.15, 0.2) is 30.3 Å². The summed E-state index contributed by atoms with van der Waals surface area (Å²) in [6.07, 6.45) is 0.669. The summed E-state index contributed by atoms with van der Waals surface area (Å²) in [5.74, 6) is 0. The smallest absolute Gasteiger partial charge is 0.219 e. The topological polar surface area (TPSA) is 63.4 Å². The van der Waals surface area contributed by atoms with Crippen molar-refractivity contribution in [3.05, 3.63) is 35.9 Å². The predicted molar refractivity (Wildman–Crippen MR) is 79.2 cm³/mol. The minimum Gasteiger partial charge on any atom is -0.330 e. The molecule has 0 saturated carbocycles. The van der Waals surface area contributed by atoms with Gasteiger partial charge in [0.1, 0.15) is 0 Å². The molecule has 0 unspecified atom stereocenters. The average Bonchev–Trinajstić information content (AvgIpc) is 2.34. The van der Waals surface area contributed by atoms with Crippen molar-refractivity contribution in [3.63, 3.8) is 0 Å². The van der Waals surface area contributed by atoms with Gasteiger partial charge in [-0.25, -0.2) is 8.42 Å². The fourth-order valence-electron chi connectivity index (χ4n) is 1.73. The van der Waals surface area contributed by atoms with E-state index in [4.69, 9.17) is 5.73 Å². The monoisotopic (exact) mass is 284 g/mol. The molecule has 1 rings (SSSR count). The Labute approximate surface area is 116 Å². The Kier molecular flexibility index (Phi) is 5.52. The maximum absolute atomic E-state index is 12.5. The summed E-state index contributed by atoms with van der Waals surface area (Å²) in [6.45, 7) is 6.53. The van der Waals surface area contributed by atoms with Gasteiger partial charge in [-0.2, -0.15) is 4.31 Å². The maximum atomic E-state index is 12.5. The third-order valence-corrected chi connectivity index (χ3v) is 5.47. The molecule has 0 aliphatic heterocycles. The number of sulfonamides is 1. The van der Waals surface area contributed by atoms with Crippen LogP contribution in [0.2, 0.25) is 0 Å². The molecule has 0 radical (unpaired) electrons. The number of hydrogen-bond acceptors (Lipinski definition) is 3. The standard InChI is InChI=1S/C14H24N2O2S/c1-14(2,3)19(17,18)16(11-7-10-15)12-13-8-5-4-6-9-13/h4-6,8-9H,7,10-12,15H2,1-3H3. The normalized spacial score (nSPS) is 12.9. The van der Waals surface area contributed by atoms with Crippen molar-refractivity contribution in [3.8, 4) is 0 Å². The Bertz CT molecular complexity index is 478. The van der Waals surface area contributed by atoms with Crippen LogP contribution in [-0.2, 0) is 16.6 Å². The van der Waals surface area contributed by atoms with E-state index in [2.05, 4.69) is 0 Å². The molecule has 0 heterocycles. The summed E-state index contributed by atoms with van der Waals surface area (Å²) < 4.78 is 25.8. The molecule has 0 aliphatic carbocycles. The average molecular weight is 284 g/mol. The van der Waals surface area contributed by atoms with E-state index in [9.17, 15) is 8.42 Å². The molecule has 0 saturated heterocycles. The fourth-order valence-corrected chi connectivity index (χ4v) is 3.19. The van der Waals surface area contributed by atoms with Crippen molar-refractivity contribution >= 4 is 10.0 Å². The molecule has 19 heavy (non-hydrogen) atoms. The Hall–Kier alpha value is -0.910. The summed E-state index contributed by atoms with van der Waals surface area (Å²) in [4.78, 5) is 0. The van der Waals surface area contributed by atoms with E-state index in [1.54, 1.807) is 20.8 Å². The molecular weight excluding hydrogens is 260 g/mol. The summed E-state index contributed by atoms with van der Waals surface area (Å²) in [7, 11) is -3.33. The van der Waals surface area contributed by atoms with Crippen LogP contribution in [-0.4, -0.2) is 30.6 Å². The summed E-state index contributed by atoms with van der Waals surface area (Å²) >= 11 is 0. The van der Waals surface area contributed by atoms with E-state index in [0.717, 1.165) is 5.56 Å². The van der Waals surface area contributed by atoms with Gasteiger partial charge in [0, 0.05) is 13.1 Å². The van der Waals surface area contributed by atoms with Gasteiger partial charge in [0.15, 0.2) is 0 Å². The highest BCUT2D eigenvalue weighted by atomic mass is 32.2. The van der Waals surface area contributed by atoms with Gasteiger partial charge in [-0.3, -0.25) is 0 Å². The maximum Gasteiger partial charge on any atom is 0.219 e. The molecule has 0 aliphatic rings. The lowest BCUT2D eigenvalue weighted by Gasteiger charge is -2.30. The number of nitrogens with two attached hydrogens (primary N) is 1. The summed E-state index contributed by atoms with van der Waals surface area (Å²) in [5, 5.41) is 0. The highest BCUT2D eigenvalue weighted by Gasteiger charge is 2.34. The summed E-state index contributed by atoms with van der Waals surface area (Å²) in [5.41, 5.74) is 6.49. The minimum absolute atomic E-state index is 0.403. The quantitative estimate of drug-likeness (QED) is 0.868. The van der Waals surface area contributed by atoms with Gasteiger partial charge in [-0.1, -0.05) is 30.3 Å². The second-order valence-electron chi connectivity index (χ2n) is 5.58. The highest BCUT2D eigenvalue weighted by Crippen LogP contribution is 2.22. The van der Waals surface area contributed by atoms with Crippen LogP contribution in [0.5, 0.6) is 0 Å². The van der Waals surface area contributed by atoms with Crippen molar-refractivity contribution < 1.29 is 8.42 Å². The molecule has 0 bridgehead atoms. The molecule has 1 aromatic rings. The Balaban J connectivity index is 2.96. The van der Waals surface area contributed by atoms with Crippen molar-refractivity contribution in [2.24, 2.45) is 5.73 Å². The Morgan fingerprint density at radius 3 is 2.21 bits per heavy atom. The molecule has 4 nitrogen and oxygen atoms in total. The van der Waals surface area contributed by atoms with E-state index in [1.807, 2.05) is 30.3 Å². The van der Waals surface area contributed by atoms with E-state index >= 15 is 0 Å². The lowest BCUT2D eigenvalue weighted by atomic mass is 10.2. The zero-order valence-electron chi connectivity index (χ0n) is 12.0. The van der Waals surface area contributed by atoms with Crippen molar-refractivity contribution in [2.75, 3.05) is 13.1 Å². The number of hydrogen-bond donors (Lipinski definition) is 1. The van der Waals surface area contributed by atoms with Gasteiger partial charge in [0.2, 0.25) is 10.0 Å². The Morgan fingerprint density at radius 1 is 1.16 bits per heavy atom. The van der Waals surface area contributed by atoms with Gasteiger partial charge >= 0.3 is 0 Å². The van der Waals surface area contributed by atoms with Crippen molar-refractivity contribution in [2.45, 2.75) is 38.5 Å². The molecule has 2 N–H and O–H groups in total. The minimum atomic E-state index is -3.33. The van der Waals surface area contributed by atoms with E-state index in [-0.39, 0.29) is 0 Å².